The molecule has 4 aromatic rings. The van der Waals surface area contributed by atoms with Crippen LogP contribution in [0.2, 0.25) is 0 Å². The van der Waals surface area contributed by atoms with Crippen molar-refractivity contribution < 1.29 is 9.32 Å². The van der Waals surface area contributed by atoms with Crippen LogP contribution in [0.1, 0.15) is 38.6 Å². The van der Waals surface area contributed by atoms with E-state index in [2.05, 4.69) is 15.5 Å². The molecule has 0 aliphatic heterocycles. The summed E-state index contributed by atoms with van der Waals surface area (Å²) in [6, 6.07) is 15.0. The van der Waals surface area contributed by atoms with E-state index in [1.165, 1.54) is 0 Å². The number of fused-ring (bicyclic) bond motifs is 1. The van der Waals surface area contributed by atoms with Gasteiger partial charge in [0.05, 0.1) is 23.3 Å². The second kappa shape index (κ2) is 8.55. The van der Waals surface area contributed by atoms with E-state index >= 15 is 0 Å². The maximum Gasteiger partial charge on any atom is 0.272 e. The maximum absolute atomic E-state index is 12.7. The van der Waals surface area contributed by atoms with Crippen LogP contribution in [-0.4, -0.2) is 27.2 Å². The zero-order valence-corrected chi connectivity index (χ0v) is 17.8. The zero-order chi connectivity index (χ0) is 22.0. The molecule has 31 heavy (non-hydrogen) atoms. The van der Waals surface area contributed by atoms with Crippen LogP contribution < -0.4 is 10.9 Å². The lowest BCUT2D eigenvalue weighted by Gasteiger charge is -2.12. The number of nitrogens with zero attached hydrogens (tertiary/aromatic N) is 3. The first-order chi connectivity index (χ1) is 14.9. The van der Waals surface area contributed by atoms with Crippen molar-refractivity contribution in [2.45, 2.75) is 33.7 Å². The van der Waals surface area contributed by atoms with Gasteiger partial charge in [-0.3, -0.25) is 9.59 Å². The van der Waals surface area contributed by atoms with Gasteiger partial charge in [0.2, 0.25) is 0 Å². The number of benzene rings is 2. The first-order valence-electron chi connectivity index (χ1n) is 10.2. The first kappa shape index (κ1) is 20.5. The number of aromatic nitrogens is 3. The van der Waals surface area contributed by atoms with Gasteiger partial charge < -0.3 is 14.4 Å². The molecule has 0 aliphatic rings. The van der Waals surface area contributed by atoms with Crippen molar-refractivity contribution in [3.8, 4) is 0 Å². The molecule has 0 saturated carbocycles. The predicted octanol–water partition coefficient (Wildman–Crippen LogP) is 3.33. The molecule has 1 N–H and O–H groups in total. The van der Waals surface area contributed by atoms with Crippen molar-refractivity contribution >= 4 is 16.9 Å². The number of hydrogen-bond donors (Lipinski definition) is 1. The molecule has 0 radical (unpaired) electrons. The monoisotopic (exact) mass is 416 g/mol. The van der Waals surface area contributed by atoms with Crippen molar-refractivity contribution in [1.29, 1.82) is 0 Å². The second-order valence-electron chi connectivity index (χ2n) is 7.59. The topological polar surface area (TPSA) is 90.0 Å². The summed E-state index contributed by atoms with van der Waals surface area (Å²) in [5, 5.41) is 6.87. The standard InChI is InChI=1S/C24H24N4O3/c1-15-20(17(3)31-27-15)11-12-25-23(29)19-9-10-22-21(13-19)26-16(2)24(30)28(22)14-18-7-5-4-6-8-18/h4-10,13H,11-12,14H2,1-3H3,(H,25,29). The van der Waals surface area contributed by atoms with Crippen LogP contribution in [0.15, 0.2) is 57.8 Å². The normalized spacial score (nSPS) is 11.1. The molecular weight excluding hydrogens is 392 g/mol. The minimum atomic E-state index is -0.186. The van der Waals surface area contributed by atoms with Gasteiger partial charge in [-0.2, -0.15) is 0 Å². The summed E-state index contributed by atoms with van der Waals surface area (Å²) in [7, 11) is 0. The van der Waals surface area contributed by atoms with E-state index in [-0.39, 0.29) is 11.5 Å². The predicted molar refractivity (Wildman–Crippen MR) is 118 cm³/mol. The van der Waals surface area contributed by atoms with Gasteiger partial charge in [-0.05, 0) is 51.0 Å². The molecule has 7 nitrogen and oxygen atoms in total. The lowest BCUT2D eigenvalue weighted by atomic mass is 10.1. The maximum atomic E-state index is 12.7. The van der Waals surface area contributed by atoms with Crippen molar-refractivity contribution in [3.05, 3.63) is 92.7 Å². The van der Waals surface area contributed by atoms with Gasteiger partial charge in [0.25, 0.3) is 11.5 Å². The Labute approximate surface area is 179 Å². The van der Waals surface area contributed by atoms with Gasteiger partial charge in [0, 0.05) is 17.7 Å². The van der Waals surface area contributed by atoms with Gasteiger partial charge >= 0.3 is 0 Å². The molecule has 158 valence electrons. The van der Waals surface area contributed by atoms with E-state index in [0.717, 1.165) is 22.6 Å². The number of aryl methyl sites for hydroxylation is 3. The highest BCUT2D eigenvalue weighted by atomic mass is 16.5. The highest BCUT2D eigenvalue weighted by Crippen LogP contribution is 2.16. The molecule has 0 saturated heterocycles. The SMILES string of the molecule is Cc1noc(C)c1CCNC(=O)c1ccc2c(c1)nc(C)c(=O)n2Cc1ccccc1. The van der Waals surface area contributed by atoms with E-state index in [1.807, 2.05) is 44.2 Å². The number of nitrogens with one attached hydrogen (secondary N) is 1. The highest BCUT2D eigenvalue weighted by Gasteiger charge is 2.13. The highest BCUT2D eigenvalue weighted by molar-refractivity contribution is 5.97. The summed E-state index contributed by atoms with van der Waals surface area (Å²) >= 11 is 0. The summed E-state index contributed by atoms with van der Waals surface area (Å²) in [5.74, 6) is 0.586. The van der Waals surface area contributed by atoms with Crippen LogP contribution in [-0.2, 0) is 13.0 Å². The average Bonchev–Trinajstić information content (AvgIpc) is 3.09. The Kier molecular flexibility index (Phi) is 5.66. The Morgan fingerprint density at radius 1 is 1.06 bits per heavy atom. The van der Waals surface area contributed by atoms with Crippen molar-refractivity contribution in [1.82, 2.24) is 20.0 Å². The van der Waals surface area contributed by atoms with Crippen molar-refractivity contribution in [3.63, 3.8) is 0 Å². The van der Waals surface area contributed by atoms with Crippen LogP contribution >= 0.6 is 0 Å². The molecule has 0 atom stereocenters. The van der Waals surface area contributed by atoms with Gasteiger partial charge in [-0.15, -0.1) is 0 Å². The van der Waals surface area contributed by atoms with Crippen LogP contribution in [0.3, 0.4) is 0 Å². The van der Waals surface area contributed by atoms with Gasteiger partial charge in [0.1, 0.15) is 11.5 Å². The number of rotatable bonds is 6. The lowest BCUT2D eigenvalue weighted by molar-refractivity contribution is 0.0954. The fourth-order valence-electron chi connectivity index (χ4n) is 3.70. The third-order valence-electron chi connectivity index (χ3n) is 5.40. The summed E-state index contributed by atoms with van der Waals surface area (Å²) in [4.78, 5) is 29.8. The third-order valence-corrected chi connectivity index (χ3v) is 5.40. The summed E-state index contributed by atoms with van der Waals surface area (Å²) in [6.07, 6.45) is 0.647. The minimum Gasteiger partial charge on any atom is -0.361 e. The van der Waals surface area contributed by atoms with E-state index in [0.29, 0.717) is 41.8 Å². The smallest absolute Gasteiger partial charge is 0.272 e. The lowest BCUT2D eigenvalue weighted by Crippen LogP contribution is -2.27. The number of carbonyl (C=O) groups is 1. The Balaban J connectivity index is 1.57. The minimum absolute atomic E-state index is 0.131. The Hall–Kier alpha value is -3.74. The van der Waals surface area contributed by atoms with Gasteiger partial charge in [-0.1, -0.05) is 35.5 Å². The molecule has 1 amide bonds. The molecule has 4 rings (SSSR count). The Morgan fingerprint density at radius 3 is 2.55 bits per heavy atom. The van der Waals surface area contributed by atoms with Gasteiger partial charge in [-0.25, -0.2) is 4.98 Å². The van der Waals surface area contributed by atoms with E-state index in [4.69, 9.17) is 4.52 Å². The molecule has 0 unspecified atom stereocenters. The van der Waals surface area contributed by atoms with Crippen LogP contribution in [0.4, 0.5) is 0 Å². The Bertz CT molecular complexity index is 1290. The summed E-state index contributed by atoms with van der Waals surface area (Å²) in [5.41, 5.74) is 4.97. The largest absolute Gasteiger partial charge is 0.361 e. The van der Waals surface area contributed by atoms with Crippen LogP contribution in [0.25, 0.3) is 11.0 Å². The average molecular weight is 416 g/mol. The quantitative estimate of drug-likeness (QED) is 0.521. The second-order valence-corrected chi connectivity index (χ2v) is 7.59. The van der Waals surface area contributed by atoms with Crippen LogP contribution in [0.5, 0.6) is 0 Å². The summed E-state index contributed by atoms with van der Waals surface area (Å²) < 4.78 is 6.86. The van der Waals surface area contributed by atoms with Crippen LogP contribution in [0, 0.1) is 20.8 Å². The third kappa shape index (κ3) is 4.26. The molecule has 2 heterocycles. The van der Waals surface area contributed by atoms with Crippen molar-refractivity contribution in [2.24, 2.45) is 0 Å². The van der Waals surface area contributed by atoms with Crippen molar-refractivity contribution in [2.75, 3.05) is 6.54 Å². The van der Waals surface area contributed by atoms with E-state index in [9.17, 15) is 9.59 Å². The van der Waals surface area contributed by atoms with E-state index < -0.39 is 0 Å². The number of hydrogen-bond acceptors (Lipinski definition) is 5. The Morgan fingerprint density at radius 2 is 1.84 bits per heavy atom. The molecule has 0 spiro atoms. The fraction of sp³-hybridized carbons (Fsp3) is 0.250. The van der Waals surface area contributed by atoms with E-state index in [1.54, 1.807) is 29.7 Å². The molecule has 7 heteroatoms. The molecule has 2 aromatic heterocycles. The molecular formula is C24H24N4O3. The first-order valence-corrected chi connectivity index (χ1v) is 10.2. The summed E-state index contributed by atoms with van der Waals surface area (Å²) in [6.45, 7) is 6.37. The molecule has 0 aliphatic carbocycles. The zero-order valence-electron chi connectivity index (χ0n) is 17.8. The molecule has 0 fully saturated rings. The number of amides is 1. The van der Waals surface area contributed by atoms with Gasteiger partial charge in [0.15, 0.2) is 0 Å². The molecule has 2 aromatic carbocycles. The molecule has 0 bridgehead atoms. The number of carbonyl (C=O) groups excluding carboxylic acids is 1. The fourth-order valence-corrected chi connectivity index (χ4v) is 3.70.